The van der Waals surface area contributed by atoms with Gasteiger partial charge in [-0.1, -0.05) is 18.5 Å². The number of hydrogen-bond acceptors (Lipinski definition) is 3. The molecule has 0 radical (unpaired) electrons. The molecule has 0 aliphatic carbocycles. The molecule has 1 amide bonds. The SMILES string of the molecule is CCC(C)NC(=O)C(C)Oc1ccc(Cl)cc1[C@H](C)N. The Labute approximate surface area is 125 Å². The molecule has 0 aromatic heterocycles. The summed E-state index contributed by atoms with van der Waals surface area (Å²) in [5, 5.41) is 3.49. The zero-order chi connectivity index (χ0) is 15.3. The van der Waals surface area contributed by atoms with Crippen molar-refractivity contribution in [3.05, 3.63) is 28.8 Å². The van der Waals surface area contributed by atoms with Crippen molar-refractivity contribution in [2.75, 3.05) is 0 Å². The average Bonchev–Trinajstić information content (AvgIpc) is 2.40. The largest absolute Gasteiger partial charge is 0.481 e. The molecule has 20 heavy (non-hydrogen) atoms. The molecule has 3 N–H and O–H groups in total. The van der Waals surface area contributed by atoms with Crippen LogP contribution in [0.1, 0.15) is 45.7 Å². The highest BCUT2D eigenvalue weighted by molar-refractivity contribution is 6.30. The molecular formula is C15H23ClN2O2. The van der Waals surface area contributed by atoms with Crippen molar-refractivity contribution in [3.8, 4) is 5.75 Å². The average molecular weight is 299 g/mol. The molecule has 112 valence electrons. The van der Waals surface area contributed by atoms with E-state index < -0.39 is 6.10 Å². The molecule has 0 bridgehead atoms. The van der Waals surface area contributed by atoms with Crippen molar-refractivity contribution in [2.24, 2.45) is 5.73 Å². The number of benzene rings is 1. The van der Waals surface area contributed by atoms with E-state index in [9.17, 15) is 4.79 Å². The van der Waals surface area contributed by atoms with Crippen LogP contribution in [-0.2, 0) is 4.79 Å². The molecule has 0 saturated heterocycles. The summed E-state index contributed by atoms with van der Waals surface area (Å²) in [6, 6.07) is 5.15. The van der Waals surface area contributed by atoms with Gasteiger partial charge >= 0.3 is 0 Å². The van der Waals surface area contributed by atoms with Crippen molar-refractivity contribution in [1.82, 2.24) is 5.32 Å². The lowest BCUT2D eigenvalue weighted by atomic mass is 10.1. The molecule has 0 aliphatic heterocycles. The second-order valence-electron chi connectivity index (χ2n) is 5.05. The highest BCUT2D eigenvalue weighted by Crippen LogP contribution is 2.28. The summed E-state index contributed by atoms with van der Waals surface area (Å²) in [6.45, 7) is 7.55. The van der Waals surface area contributed by atoms with Crippen LogP contribution in [0.4, 0.5) is 0 Å². The Hall–Kier alpha value is -1.26. The number of nitrogens with one attached hydrogen (secondary N) is 1. The fraction of sp³-hybridized carbons (Fsp3) is 0.533. The highest BCUT2D eigenvalue weighted by atomic mass is 35.5. The summed E-state index contributed by atoms with van der Waals surface area (Å²) >= 11 is 5.96. The molecule has 3 atom stereocenters. The van der Waals surface area contributed by atoms with E-state index in [1.165, 1.54) is 0 Å². The Kier molecular flexibility index (Phi) is 6.30. The molecule has 1 aromatic rings. The monoisotopic (exact) mass is 298 g/mol. The van der Waals surface area contributed by atoms with Crippen LogP contribution >= 0.6 is 11.6 Å². The van der Waals surface area contributed by atoms with Crippen molar-refractivity contribution in [1.29, 1.82) is 0 Å². The molecule has 4 nitrogen and oxygen atoms in total. The van der Waals surface area contributed by atoms with Gasteiger partial charge in [-0.3, -0.25) is 4.79 Å². The maximum Gasteiger partial charge on any atom is 0.260 e. The predicted molar refractivity (Wildman–Crippen MR) is 82.0 cm³/mol. The van der Waals surface area contributed by atoms with Gasteiger partial charge in [-0.25, -0.2) is 0 Å². The molecule has 2 unspecified atom stereocenters. The van der Waals surface area contributed by atoms with E-state index in [0.717, 1.165) is 12.0 Å². The minimum atomic E-state index is -0.581. The number of carbonyl (C=O) groups excluding carboxylic acids is 1. The zero-order valence-electron chi connectivity index (χ0n) is 12.4. The fourth-order valence-corrected chi connectivity index (χ4v) is 1.87. The summed E-state index contributed by atoms with van der Waals surface area (Å²) in [5.74, 6) is 0.459. The topological polar surface area (TPSA) is 64.3 Å². The number of ether oxygens (including phenoxy) is 1. The molecular weight excluding hydrogens is 276 g/mol. The second kappa shape index (κ2) is 7.50. The third-order valence-corrected chi connectivity index (χ3v) is 3.37. The van der Waals surface area contributed by atoms with Gasteiger partial charge in [0.05, 0.1) is 0 Å². The minimum Gasteiger partial charge on any atom is -0.481 e. The Morgan fingerprint density at radius 1 is 1.40 bits per heavy atom. The van der Waals surface area contributed by atoms with Crippen LogP contribution in [0.5, 0.6) is 5.75 Å². The maximum absolute atomic E-state index is 12.0. The van der Waals surface area contributed by atoms with Crippen LogP contribution in [0.15, 0.2) is 18.2 Å². The van der Waals surface area contributed by atoms with Crippen LogP contribution in [-0.4, -0.2) is 18.1 Å². The molecule has 1 aromatic carbocycles. The van der Waals surface area contributed by atoms with E-state index in [1.54, 1.807) is 25.1 Å². The summed E-state index contributed by atoms with van der Waals surface area (Å²) < 4.78 is 5.72. The lowest BCUT2D eigenvalue weighted by molar-refractivity contribution is -0.127. The first kappa shape index (κ1) is 16.8. The Bertz CT molecular complexity index is 463. The summed E-state index contributed by atoms with van der Waals surface area (Å²) in [6.07, 6.45) is 0.299. The smallest absolute Gasteiger partial charge is 0.260 e. The Morgan fingerprint density at radius 2 is 2.05 bits per heavy atom. The van der Waals surface area contributed by atoms with Crippen LogP contribution in [0, 0.1) is 0 Å². The van der Waals surface area contributed by atoms with E-state index in [4.69, 9.17) is 22.1 Å². The Balaban J connectivity index is 2.80. The molecule has 0 aliphatic rings. The minimum absolute atomic E-state index is 0.131. The summed E-state index contributed by atoms with van der Waals surface area (Å²) in [4.78, 5) is 12.0. The van der Waals surface area contributed by atoms with Gasteiger partial charge in [0.1, 0.15) is 5.75 Å². The van der Waals surface area contributed by atoms with Crippen molar-refractivity contribution < 1.29 is 9.53 Å². The van der Waals surface area contributed by atoms with Crippen LogP contribution in [0.2, 0.25) is 5.02 Å². The number of hydrogen-bond donors (Lipinski definition) is 2. The van der Waals surface area contributed by atoms with E-state index in [-0.39, 0.29) is 18.0 Å². The Morgan fingerprint density at radius 3 is 2.60 bits per heavy atom. The molecule has 0 saturated carbocycles. The van der Waals surface area contributed by atoms with Gasteiger partial charge in [0, 0.05) is 22.7 Å². The van der Waals surface area contributed by atoms with Crippen LogP contribution in [0.25, 0.3) is 0 Å². The summed E-state index contributed by atoms with van der Waals surface area (Å²) in [5.41, 5.74) is 6.69. The van der Waals surface area contributed by atoms with E-state index in [2.05, 4.69) is 5.32 Å². The van der Waals surface area contributed by atoms with Crippen molar-refractivity contribution >= 4 is 17.5 Å². The maximum atomic E-state index is 12.0. The zero-order valence-corrected chi connectivity index (χ0v) is 13.2. The fourth-order valence-electron chi connectivity index (χ4n) is 1.69. The third kappa shape index (κ3) is 4.69. The van der Waals surface area contributed by atoms with Gasteiger partial charge in [-0.2, -0.15) is 0 Å². The second-order valence-corrected chi connectivity index (χ2v) is 5.49. The lowest BCUT2D eigenvalue weighted by Gasteiger charge is -2.20. The van der Waals surface area contributed by atoms with Gasteiger partial charge < -0.3 is 15.8 Å². The van der Waals surface area contributed by atoms with Gasteiger partial charge in [0.15, 0.2) is 6.10 Å². The molecule has 1 rings (SSSR count). The van der Waals surface area contributed by atoms with Gasteiger partial charge in [0.2, 0.25) is 0 Å². The van der Waals surface area contributed by atoms with E-state index >= 15 is 0 Å². The van der Waals surface area contributed by atoms with Crippen molar-refractivity contribution in [3.63, 3.8) is 0 Å². The number of rotatable bonds is 6. The number of carbonyl (C=O) groups is 1. The third-order valence-electron chi connectivity index (χ3n) is 3.14. The van der Waals surface area contributed by atoms with Gasteiger partial charge in [0.25, 0.3) is 5.91 Å². The number of nitrogens with two attached hydrogens (primary N) is 1. The predicted octanol–water partition coefficient (Wildman–Crippen LogP) is 3.04. The standard InChI is InChI=1S/C15H23ClN2O2/c1-5-9(2)18-15(19)11(4)20-14-7-6-12(16)8-13(14)10(3)17/h6-11H,5,17H2,1-4H3,(H,18,19)/t9?,10-,11?/m0/s1. The van der Waals surface area contributed by atoms with Crippen molar-refractivity contribution in [2.45, 2.75) is 52.3 Å². The highest BCUT2D eigenvalue weighted by Gasteiger charge is 2.18. The quantitative estimate of drug-likeness (QED) is 0.848. The molecule has 0 fully saturated rings. The molecule has 0 heterocycles. The van der Waals surface area contributed by atoms with E-state index in [0.29, 0.717) is 10.8 Å². The normalized spacial score (nSPS) is 15.3. The molecule has 5 heteroatoms. The van der Waals surface area contributed by atoms with E-state index in [1.807, 2.05) is 20.8 Å². The van der Waals surface area contributed by atoms with Gasteiger partial charge in [-0.15, -0.1) is 0 Å². The van der Waals surface area contributed by atoms with Crippen LogP contribution in [0.3, 0.4) is 0 Å². The first-order valence-electron chi connectivity index (χ1n) is 6.87. The first-order chi connectivity index (χ1) is 9.35. The van der Waals surface area contributed by atoms with Gasteiger partial charge in [-0.05, 0) is 45.4 Å². The number of halogens is 1. The van der Waals surface area contributed by atoms with Crippen LogP contribution < -0.4 is 15.8 Å². The number of amides is 1. The first-order valence-corrected chi connectivity index (χ1v) is 7.25. The summed E-state index contributed by atoms with van der Waals surface area (Å²) in [7, 11) is 0. The molecule has 0 spiro atoms. The lowest BCUT2D eigenvalue weighted by Crippen LogP contribution is -2.41.